The van der Waals surface area contributed by atoms with Gasteiger partial charge in [0.2, 0.25) is 10.3 Å². The third kappa shape index (κ3) is 3.80. The van der Waals surface area contributed by atoms with Crippen LogP contribution in [0.4, 0.5) is 11.4 Å². The number of aliphatic imine (C=N–C) groups is 2. The van der Waals surface area contributed by atoms with Gasteiger partial charge in [-0.05, 0) is 45.9 Å². The van der Waals surface area contributed by atoms with Crippen LogP contribution in [0.25, 0.3) is 0 Å². The second-order valence-electron chi connectivity index (χ2n) is 5.81. The molecule has 0 amide bonds. The van der Waals surface area contributed by atoms with Crippen molar-refractivity contribution in [3.05, 3.63) is 24.3 Å². The zero-order chi connectivity index (χ0) is 15.8. The molecular formula is C14H16N6S2. The molecule has 0 spiro atoms. The lowest BCUT2D eigenvalue weighted by Gasteiger charge is -2.07. The minimum atomic E-state index is -0.233. The van der Waals surface area contributed by atoms with Crippen LogP contribution in [-0.2, 0) is 0 Å². The Morgan fingerprint density at radius 1 is 0.818 bits per heavy atom. The quantitative estimate of drug-likeness (QED) is 0.714. The summed E-state index contributed by atoms with van der Waals surface area (Å²) in [6.07, 6.45) is 0. The average Bonchev–Trinajstić information content (AvgIpc) is 2.92. The third-order valence-corrected chi connectivity index (χ3v) is 4.59. The monoisotopic (exact) mass is 332 g/mol. The summed E-state index contributed by atoms with van der Waals surface area (Å²) in [5.41, 5.74) is 1.61. The molecule has 0 saturated heterocycles. The molecule has 0 atom stereocenters. The minimum absolute atomic E-state index is 0.233. The Bertz CT molecular complexity index is 661. The highest BCUT2D eigenvalue weighted by Gasteiger charge is 2.27. The van der Waals surface area contributed by atoms with Crippen LogP contribution in [0.5, 0.6) is 0 Å². The van der Waals surface area contributed by atoms with E-state index in [-0.39, 0.29) is 9.74 Å². The number of benzene rings is 1. The Morgan fingerprint density at radius 3 is 1.64 bits per heavy atom. The molecule has 0 aliphatic carbocycles. The highest BCUT2D eigenvalue weighted by molar-refractivity contribution is 8.15. The smallest absolute Gasteiger partial charge is 0.211 e. The first-order valence-corrected chi connectivity index (χ1v) is 8.46. The van der Waals surface area contributed by atoms with E-state index in [1.165, 1.54) is 0 Å². The second-order valence-corrected chi connectivity index (χ2v) is 8.94. The zero-order valence-electron chi connectivity index (χ0n) is 12.8. The Labute approximate surface area is 137 Å². The molecule has 0 fully saturated rings. The van der Waals surface area contributed by atoms with Crippen molar-refractivity contribution < 1.29 is 0 Å². The summed E-state index contributed by atoms with van der Waals surface area (Å²) in [6.45, 7) is 8.04. The van der Waals surface area contributed by atoms with E-state index in [9.17, 15) is 0 Å². The molecule has 0 aromatic heterocycles. The lowest BCUT2D eigenvalue weighted by Crippen LogP contribution is -2.05. The summed E-state index contributed by atoms with van der Waals surface area (Å²) in [6, 6.07) is 7.67. The first-order valence-electron chi connectivity index (χ1n) is 6.83. The molecule has 0 N–H and O–H groups in total. The van der Waals surface area contributed by atoms with Crippen molar-refractivity contribution in [3.63, 3.8) is 0 Å². The van der Waals surface area contributed by atoms with Crippen LogP contribution >= 0.6 is 23.5 Å². The molecule has 0 unspecified atom stereocenters. The van der Waals surface area contributed by atoms with Crippen LogP contribution < -0.4 is 0 Å². The Kier molecular flexibility index (Phi) is 3.90. The van der Waals surface area contributed by atoms with Gasteiger partial charge < -0.3 is 0 Å². The van der Waals surface area contributed by atoms with Crippen molar-refractivity contribution in [2.24, 2.45) is 30.4 Å². The number of hydrogen-bond acceptors (Lipinski definition) is 6. The molecule has 114 valence electrons. The maximum Gasteiger partial charge on any atom is 0.211 e. The van der Waals surface area contributed by atoms with E-state index in [0.29, 0.717) is 10.3 Å². The highest BCUT2D eigenvalue weighted by Crippen LogP contribution is 2.37. The van der Waals surface area contributed by atoms with Gasteiger partial charge in [-0.1, -0.05) is 29.6 Å². The molecule has 6 nitrogen and oxygen atoms in total. The first-order chi connectivity index (χ1) is 10.3. The van der Waals surface area contributed by atoms with Crippen LogP contribution in [0, 0.1) is 0 Å². The molecule has 2 aliphatic rings. The SMILES string of the molecule is CC1(C)N=NC(=Nc2cccc(N=C3N=NC(C)(C)S3)c2)S1. The predicted molar refractivity (Wildman–Crippen MR) is 93.7 cm³/mol. The van der Waals surface area contributed by atoms with E-state index in [1.54, 1.807) is 23.5 Å². The Balaban J connectivity index is 1.80. The second kappa shape index (κ2) is 5.58. The molecule has 1 aromatic rings. The Morgan fingerprint density at radius 2 is 1.27 bits per heavy atom. The topological polar surface area (TPSA) is 74.2 Å². The molecule has 0 saturated carbocycles. The molecule has 8 heteroatoms. The van der Waals surface area contributed by atoms with Crippen molar-refractivity contribution in [2.75, 3.05) is 0 Å². The number of amidine groups is 2. The van der Waals surface area contributed by atoms with Crippen molar-refractivity contribution in [3.8, 4) is 0 Å². The van der Waals surface area contributed by atoms with Crippen LogP contribution in [0.1, 0.15) is 27.7 Å². The van der Waals surface area contributed by atoms with Crippen molar-refractivity contribution in [1.82, 2.24) is 0 Å². The molecular weight excluding hydrogens is 316 g/mol. The molecule has 2 aliphatic heterocycles. The van der Waals surface area contributed by atoms with Crippen molar-refractivity contribution in [1.29, 1.82) is 0 Å². The maximum atomic E-state index is 4.51. The summed E-state index contributed by atoms with van der Waals surface area (Å²) >= 11 is 3.09. The fourth-order valence-corrected chi connectivity index (χ4v) is 3.32. The van der Waals surface area contributed by atoms with Gasteiger partial charge in [-0.15, -0.1) is 10.2 Å². The molecule has 0 bridgehead atoms. The predicted octanol–water partition coefficient (Wildman–Crippen LogP) is 5.53. The molecule has 1 aromatic carbocycles. The summed E-state index contributed by atoms with van der Waals surface area (Å²) < 4.78 is 0. The summed E-state index contributed by atoms with van der Waals surface area (Å²) in [4.78, 5) is 8.55. The van der Waals surface area contributed by atoms with Gasteiger partial charge in [-0.3, -0.25) is 0 Å². The van der Waals surface area contributed by atoms with Gasteiger partial charge in [0.15, 0.2) is 0 Å². The van der Waals surface area contributed by atoms with Crippen LogP contribution in [0.2, 0.25) is 0 Å². The Hall–Kier alpha value is -1.54. The van der Waals surface area contributed by atoms with Crippen LogP contribution in [-0.4, -0.2) is 20.1 Å². The number of azo groups is 2. The van der Waals surface area contributed by atoms with Gasteiger partial charge in [0.1, 0.15) is 9.74 Å². The van der Waals surface area contributed by atoms with E-state index in [2.05, 4.69) is 30.4 Å². The van der Waals surface area contributed by atoms with E-state index < -0.39 is 0 Å². The van der Waals surface area contributed by atoms with Crippen LogP contribution in [0.15, 0.2) is 54.7 Å². The zero-order valence-corrected chi connectivity index (χ0v) is 14.4. The molecule has 0 radical (unpaired) electrons. The van der Waals surface area contributed by atoms with E-state index >= 15 is 0 Å². The van der Waals surface area contributed by atoms with Gasteiger partial charge >= 0.3 is 0 Å². The third-order valence-electron chi connectivity index (χ3n) is 2.71. The van der Waals surface area contributed by atoms with E-state index in [1.807, 2.05) is 52.0 Å². The maximum absolute atomic E-state index is 4.51. The van der Waals surface area contributed by atoms with E-state index in [0.717, 1.165) is 11.4 Å². The number of thioether (sulfide) groups is 2. The summed E-state index contributed by atoms with van der Waals surface area (Å²) in [7, 11) is 0. The fourth-order valence-electron chi connectivity index (χ4n) is 1.80. The summed E-state index contributed by atoms with van der Waals surface area (Å²) in [5, 5.41) is 17.9. The molecule has 3 rings (SSSR count). The minimum Gasteiger partial charge on any atom is -0.222 e. The number of nitrogens with zero attached hydrogens (tertiary/aromatic N) is 6. The lowest BCUT2D eigenvalue weighted by atomic mass is 10.3. The molecule has 2 heterocycles. The molecule has 22 heavy (non-hydrogen) atoms. The largest absolute Gasteiger partial charge is 0.222 e. The van der Waals surface area contributed by atoms with Gasteiger partial charge in [-0.25, -0.2) is 9.98 Å². The normalized spacial score (nSPS) is 25.5. The number of rotatable bonds is 2. The average molecular weight is 332 g/mol. The standard InChI is InChI=1S/C14H16N6S2/c1-13(2)19-17-11(21-13)15-9-6-5-7-10(8-9)16-12-18-20-14(3,4)22-12/h5-8H,1-4H3. The van der Waals surface area contributed by atoms with Crippen molar-refractivity contribution in [2.45, 2.75) is 37.4 Å². The fraction of sp³-hybridized carbons (Fsp3) is 0.429. The van der Waals surface area contributed by atoms with Gasteiger partial charge in [0.05, 0.1) is 11.4 Å². The van der Waals surface area contributed by atoms with Crippen molar-refractivity contribution >= 4 is 45.2 Å². The van der Waals surface area contributed by atoms with Gasteiger partial charge in [0, 0.05) is 0 Å². The lowest BCUT2D eigenvalue weighted by molar-refractivity contribution is 0.734. The van der Waals surface area contributed by atoms with Gasteiger partial charge in [-0.2, -0.15) is 10.2 Å². The highest BCUT2D eigenvalue weighted by atomic mass is 32.2. The van der Waals surface area contributed by atoms with E-state index in [4.69, 9.17) is 0 Å². The van der Waals surface area contributed by atoms with Gasteiger partial charge in [0.25, 0.3) is 0 Å². The number of hydrogen-bond donors (Lipinski definition) is 0. The summed E-state index contributed by atoms with van der Waals surface area (Å²) in [5.74, 6) is 0. The van der Waals surface area contributed by atoms with Crippen LogP contribution in [0.3, 0.4) is 0 Å². The first kappa shape index (κ1) is 15.4.